The second kappa shape index (κ2) is 5.83. The summed E-state index contributed by atoms with van der Waals surface area (Å²) in [7, 11) is 0. The lowest BCUT2D eigenvalue weighted by Gasteiger charge is -2.39. The van der Waals surface area contributed by atoms with Crippen molar-refractivity contribution in [2.45, 2.75) is 19.4 Å². The van der Waals surface area contributed by atoms with Gasteiger partial charge in [0.25, 0.3) is 5.69 Å². The van der Waals surface area contributed by atoms with Crippen molar-refractivity contribution < 1.29 is 4.92 Å². The van der Waals surface area contributed by atoms with Crippen molar-refractivity contribution in [1.29, 1.82) is 0 Å². The van der Waals surface area contributed by atoms with Gasteiger partial charge in [0.1, 0.15) is 0 Å². The third-order valence-electron chi connectivity index (χ3n) is 3.12. The summed E-state index contributed by atoms with van der Waals surface area (Å²) in [5.74, 6) is 0. The highest BCUT2D eigenvalue weighted by Gasteiger charge is 2.25. The molecule has 0 spiro atoms. The molecule has 98 valence electrons. The van der Waals surface area contributed by atoms with Crippen LogP contribution in [-0.4, -0.2) is 30.6 Å². The Bertz CT molecular complexity index is 449. The van der Waals surface area contributed by atoms with Gasteiger partial charge in [0.05, 0.1) is 14.5 Å². The average molecular weight is 361 g/mol. The van der Waals surface area contributed by atoms with Gasteiger partial charge in [0, 0.05) is 31.4 Å². The van der Waals surface area contributed by atoms with Crippen LogP contribution in [0.5, 0.6) is 0 Å². The van der Waals surface area contributed by atoms with Crippen LogP contribution in [0.3, 0.4) is 0 Å². The fourth-order valence-corrected chi connectivity index (χ4v) is 2.78. The van der Waals surface area contributed by atoms with Gasteiger partial charge in [-0.1, -0.05) is 6.92 Å². The number of benzene rings is 1. The molecule has 18 heavy (non-hydrogen) atoms. The molecule has 2 rings (SSSR count). The third kappa shape index (κ3) is 2.74. The van der Waals surface area contributed by atoms with Crippen LogP contribution in [0.25, 0.3) is 0 Å². The van der Waals surface area contributed by atoms with Gasteiger partial charge in [0.15, 0.2) is 0 Å². The minimum absolute atomic E-state index is 0.183. The van der Waals surface area contributed by atoms with E-state index >= 15 is 0 Å². The summed E-state index contributed by atoms with van der Waals surface area (Å²) in [6.45, 7) is 5.12. The number of hydrogen-bond acceptors (Lipinski definition) is 4. The van der Waals surface area contributed by atoms with Crippen LogP contribution in [0.4, 0.5) is 11.4 Å². The number of nitro benzene ring substituents is 1. The van der Waals surface area contributed by atoms with E-state index in [9.17, 15) is 10.1 Å². The van der Waals surface area contributed by atoms with Gasteiger partial charge in [-0.2, -0.15) is 0 Å². The normalized spacial score (nSPS) is 15.2. The molecule has 0 unspecified atom stereocenters. The highest BCUT2D eigenvalue weighted by molar-refractivity contribution is 14.1. The molecular weight excluding hydrogens is 345 g/mol. The summed E-state index contributed by atoms with van der Waals surface area (Å²) in [6, 6.07) is 5.88. The first-order valence-electron chi connectivity index (χ1n) is 6.04. The quantitative estimate of drug-likeness (QED) is 0.497. The predicted octanol–water partition coefficient (Wildman–Crippen LogP) is 2.39. The molecule has 0 amide bonds. The maximum absolute atomic E-state index is 10.8. The fraction of sp³-hybridized carbons (Fsp3) is 0.500. The molecule has 0 atom stereocenters. The van der Waals surface area contributed by atoms with E-state index in [4.69, 9.17) is 0 Å². The van der Waals surface area contributed by atoms with Gasteiger partial charge in [-0.15, -0.1) is 0 Å². The van der Waals surface area contributed by atoms with E-state index in [1.54, 1.807) is 6.07 Å². The molecule has 1 heterocycles. The van der Waals surface area contributed by atoms with Crippen LogP contribution in [0.1, 0.15) is 13.3 Å². The number of nitrogens with zero attached hydrogens (tertiary/aromatic N) is 2. The number of nitro groups is 1. The van der Waals surface area contributed by atoms with Crippen LogP contribution in [0, 0.1) is 13.7 Å². The summed E-state index contributed by atoms with van der Waals surface area (Å²) in [5.41, 5.74) is 1.26. The number of anilines is 1. The maximum atomic E-state index is 10.8. The molecule has 1 N–H and O–H groups in total. The van der Waals surface area contributed by atoms with Crippen LogP contribution in [0.2, 0.25) is 0 Å². The lowest BCUT2D eigenvalue weighted by Crippen LogP contribution is -2.57. The Kier molecular flexibility index (Phi) is 4.39. The number of rotatable bonds is 5. The predicted molar refractivity (Wildman–Crippen MR) is 80.1 cm³/mol. The van der Waals surface area contributed by atoms with Crippen molar-refractivity contribution in [1.82, 2.24) is 5.32 Å². The molecule has 1 aromatic rings. The number of nitrogens with one attached hydrogen (secondary N) is 1. The Morgan fingerprint density at radius 2 is 2.28 bits per heavy atom. The largest absolute Gasteiger partial charge is 0.366 e. The summed E-state index contributed by atoms with van der Waals surface area (Å²) < 4.78 is 0.698. The summed E-state index contributed by atoms with van der Waals surface area (Å²) in [4.78, 5) is 12.8. The standard InChI is InChI=1S/C12H16IN3O2/c1-2-5-15(10-7-14-8-10)9-3-4-12(16(17)18)11(13)6-9/h3-4,6,10,14H,2,5,7-8H2,1H3. The molecule has 1 aliphatic rings. The summed E-state index contributed by atoms with van der Waals surface area (Å²) in [6.07, 6.45) is 1.07. The first kappa shape index (κ1) is 13.5. The zero-order valence-corrected chi connectivity index (χ0v) is 12.4. The van der Waals surface area contributed by atoms with Crippen LogP contribution in [-0.2, 0) is 0 Å². The fourth-order valence-electron chi connectivity index (χ4n) is 2.08. The molecule has 0 radical (unpaired) electrons. The molecule has 1 saturated heterocycles. The molecule has 0 bridgehead atoms. The van der Waals surface area contributed by atoms with Crippen molar-refractivity contribution in [2.24, 2.45) is 0 Å². The lowest BCUT2D eigenvalue weighted by molar-refractivity contribution is -0.385. The van der Waals surface area contributed by atoms with E-state index < -0.39 is 0 Å². The molecule has 6 heteroatoms. The van der Waals surface area contributed by atoms with Gasteiger partial charge < -0.3 is 10.2 Å². The van der Waals surface area contributed by atoms with E-state index in [-0.39, 0.29) is 10.6 Å². The monoisotopic (exact) mass is 361 g/mol. The average Bonchev–Trinajstić information content (AvgIpc) is 2.25. The van der Waals surface area contributed by atoms with Crippen LogP contribution >= 0.6 is 22.6 Å². The highest BCUT2D eigenvalue weighted by atomic mass is 127. The van der Waals surface area contributed by atoms with Crippen molar-refractivity contribution in [3.05, 3.63) is 31.9 Å². The van der Waals surface area contributed by atoms with Crippen molar-refractivity contribution in [3.63, 3.8) is 0 Å². The van der Waals surface area contributed by atoms with Crippen molar-refractivity contribution in [2.75, 3.05) is 24.5 Å². The topological polar surface area (TPSA) is 58.4 Å². The van der Waals surface area contributed by atoms with Crippen molar-refractivity contribution >= 4 is 34.0 Å². The minimum Gasteiger partial charge on any atom is -0.366 e. The summed E-state index contributed by atoms with van der Waals surface area (Å²) in [5, 5.41) is 14.1. The van der Waals surface area contributed by atoms with E-state index in [0.29, 0.717) is 9.61 Å². The molecule has 1 aliphatic heterocycles. The molecular formula is C12H16IN3O2. The molecule has 0 saturated carbocycles. The Hall–Kier alpha value is -0.890. The zero-order valence-electron chi connectivity index (χ0n) is 10.2. The van der Waals surface area contributed by atoms with Crippen molar-refractivity contribution in [3.8, 4) is 0 Å². The van der Waals surface area contributed by atoms with E-state index in [2.05, 4.69) is 17.1 Å². The molecule has 1 aromatic carbocycles. The Labute approximate surface area is 120 Å². The van der Waals surface area contributed by atoms with Gasteiger partial charge in [0.2, 0.25) is 0 Å². The van der Waals surface area contributed by atoms with Crippen LogP contribution in [0.15, 0.2) is 18.2 Å². The van der Waals surface area contributed by atoms with Gasteiger partial charge in [-0.25, -0.2) is 0 Å². The molecule has 1 fully saturated rings. The summed E-state index contributed by atoms with van der Waals surface area (Å²) >= 11 is 2.03. The Morgan fingerprint density at radius 1 is 1.56 bits per heavy atom. The van der Waals surface area contributed by atoms with Gasteiger partial charge in [-0.3, -0.25) is 10.1 Å². The van der Waals surface area contributed by atoms with E-state index in [1.165, 1.54) is 0 Å². The number of halogens is 1. The molecule has 0 aliphatic carbocycles. The SMILES string of the molecule is CCCN(c1ccc([N+](=O)[O-])c(I)c1)C1CNC1. The Balaban J connectivity index is 2.24. The molecule has 0 aromatic heterocycles. The first-order valence-corrected chi connectivity index (χ1v) is 7.12. The third-order valence-corrected chi connectivity index (χ3v) is 3.99. The van der Waals surface area contributed by atoms with E-state index in [1.807, 2.05) is 34.7 Å². The number of hydrogen-bond donors (Lipinski definition) is 1. The zero-order chi connectivity index (χ0) is 13.1. The smallest absolute Gasteiger partial charge is 0.282 e. The minimum atomic E-state index is -0.333. The maximum Gasteiger partial charge on any atom is 0.282 e. The van der Waals surface area contributed by atoms with Gasteiger partial charge in [-0.05, 0) is 41.1 Å². The van der Waals surface area contributed by atoms with Crippen LogP contribution < -0.4 is 10.2 Å². The first-order chi connectivity index (χ1) is 8.63. The molecule has 5 nitrogen and oxygen atoms in total. The van der Waals surface area contributed by atoms with E-state index in [0.717, 1.165) is 31.7 Å². The Morgan fingerprint density at radius 3 is 2.72 bits per heavy atom. The van der Waals surface area contributed by atoms with Gasteiger partial charge >= 0.3 is 0 Å². The second-order valence-corrected chi connectivity index (χ2v) is 5.56. The highest BCUT2D eigenvalue weighted by Crippen LogP contribution is 2.28. The second-order valence-electron chi connectivity index (χ2n) is 4.40. The lowest BCUT2D eigenvalue weighted by atomic mass is 10.1.